The predicted octanol–water partition coefficient (Wildman–Crippen LogP) is 1.26. The van der Waals surface area contributed by atoms with Crippen LogP contribution in [-0.2, 0) is 4.79 Å². The SMILES string of the molecule is NC(=O)C(=Cc1ccc2c(c1)OCO2)NC(=O)c1ccco1. The fraction of sp³-hybridized carbons (Fsp3) is 0.0667. The number of carbonyl (C=O) groups is 2. The second-order valence-electron chi connectivity index (χ2n) is 4.47. The summed E-state index contributed by atoms with van der Waals surface area (Å²) >= 11 is 0. The van der Waals surface area contributed by atoms with Crippen molar-refractivity contribution in [2.75, 3.05) is 6.79 Å². The van der Waals surface area contributed by atoms with E-state index in [4.69, 9.17) is 19.6 Å². The summed E-state index contributed by atoms with van der Waals surface area (Å²) in [6, 6.07) is 8.16. The van der Waals surface area contributed by atoms with Crippen LogP contribution in [0.2, 0.25) is 0 Å². The highest BCUT2D eigenvalue weighted by atomic mass is 16.7. The Morgan fingerprint density at radius 1 is 1.18 bits per heavy atom. The van der Waals surface area contributed by atoms with Gasteiger partial charge in [0.25, 0.3) is 11.8 Å². The van der Waals surface area contributed by atoms with E-state index in [2.05, 4.69) is 5.32 Å². The lowest BCUT2D eigenvalue weighted by atomic mass is 10.1. The van der Waals surface area contributed by atoms with Crippen LogP contribution >= 0.6 is 0 Å². The summed E-state index contributed by atoms with van der Waals surface area (Å²) in [7, 11) is 0. The Kier molecular flexibility index (Phi) is 3.53. The molecule has 0 spiro atoms. The lowest BCUT2D eigenvalue weighted by Crippen LogP contribution is -2.30. The fourth-order valence-corrected chi connectivity index (χ4v) is 1.93. The topological polar surface area (TPSA) is 104 Å². The van der Waals surface area contributed by atoms with E-state index in [1.165, 1.54) is 18.4 Å². The molecule has 1 aromatic heterocycles. The van der Waals surface area contributed by atoms with Crippen LogP contribution in [0, 0.1) is 0 Å². The van der Waals surface area contributed by atoms with Crippen molar-refractivity contribution in [1.82, 2.24) is 5.32 Å². The third-order valence-corrected chi connectivity index (χ3v) is 2.97. The van der Waals surface area contributed by atoms with Crippen LogP contribution < -0.4 is 20.5 Å². The van der Waals surface area contributed by atoms with Crippen LogP contribution in [0.5, 0.6) is 11.5 Å². The van der Waals surface area contributed by atoms with Gasteiger partial charge in [-0.1, -0.05) is 6.07 Å². The third kappa shape index (κ3) is 2.78. The van der Waals surface area contributed by atoms with Gasteiger partial charge in [0, 0.05) is 0 Å². The molecule has 0 aliphatic carbocycles. The van der Waals surface area contributed by atoms with Crippen molar-refractivity contribution in [3.63, 3.8) is 0 Å². The van der Waals surface area contributed by atoms with Crippen LogP contribution in [0.1, 0.15) is 16.1 Å². The molecule has 0 radical (unpaired) electrons. The fourth-order valence-electron chi connectivity index (χ4n) is 1.93. The average molecular weight is 300 g/mol. The van der Waals surface area contributed by atoms with Crippen molar-refractivity contribution >= 4 is 17.9 Å². The zero-order chi connectivity index (χ0) is 15.5. The minimum atomic E-state index is -0.766. The van der Waals surface area contributed by atoms with Gasteiger partial charge in [0.05, 0.1) is 6.26 Å². The minimum Gasteiger partial charge on any atom is -0.459 e. The van der Waals surface area contributed by atoms with E-state index >= 15 is 0 Å². The Morgan fingerprint density at radius 3 is 2.73 bits per heavy atom. The maximum atomic E-state index is 11.9. The molecule has 2 heterocycles. The zero-order valence-electron chi connectivity index (χ0n) is 11.4. The molecule has 7 nitrogen and oxygen atoms in total. The average Bonchev–Trinajstić information content (AvgIpc) is 3.17. The van der Waals surface area contributed by atoms with Gasteiger partial charge in [-0.15, -0.1) is 0 Å². The molecule has 1 aliphatic rings. The molecule has 1 aliphatic heterocycles. The largest absolute Gasteiger partial charge is 0.459 e. The van der Waals surface area contributed by atoms with E-state index in [0.29, 0.717) is 17.1 Å². The van der Waals surface area contributed by atoms with E-state index in [-0.39, 0.29) is 18.3 Å². The zero-order valence-corrected chi connectivity index (χ0v) is 11.4. The summed E-state index contributed by atoms with van der Waals surface area (Å²) in [6.07, 6.45) is 2.81. The van der Waals surface area contributed by atoms with Crippen molar-refractivity contribution in [3.05, 3.63) is 53.6 Å². The first-order valence-corrected chi connectivity index (χ1v) is 6.39. The molecule has 112 valence electrons. The van der Waals surface area contributed by atoms with E-state index in [1.54, 1.807) is 24.3 Å². The monoisotopic (exact) mass is 300 g/mol. The van der Waals surface area contributed by atoms with Crippen molar-refractivity contribution in [2.45, 2.75) is 0 Å². The number of benzene rings is 1. The summed E-state index contributed by atoms with van der Waals surface area (Å²) in [5, 5.41) is 2.42. The molecule has 0 saturated carbocycles. The Bertz CT molecular complexity index is 749. The Balaban J connectivity index is 1.84. The van der Waals surface area contributed by atoms with Gasteiger partial charge in [-0.2, -0.15) is 0 Å². The van der Waals surface area contributed by atoms with Crippen molar-refractivity contribution in [2.24, 2.45) is 5.73 Å². The number of nitrogens with one attached hydrogen (secondary N) is 1. The Hall–Kier alpha value is -3.22. The van der Waals surface area contributed by atoms with Crippen molar-refractivity contribution in [1.29, 1.82) is 0 Å². The van der Waals surface area contributed by atoms with Gasteiger partial charge in [-0.25, -0.2) is 0 Å². The number of amides is 2. The van der Waals surface area contributed by atoms with Crippen LogP contribution in [0.4, 0.5) is 0 Å². The summed E-state index contributed by atoms with van der Waals surface area (Å²) < 4.78 is 15.4. The molecule has 0 fully saturated rings. The van der Waals surface area contributed by atoms with Gasteiger partial charge < -0.3 is 24.9 Å². The number of carbonyl (C=O) groups excluding carboxylic acids is 2. The number of primary amides is 1. The lowest BCUT2D eigenvalue weighted by molar-refractivity contribution is -0.114. The molecule has 3 rings (SSSR count). The van der Waals surface area contributed by atoms with E-state index in [1.807, 2.05) is 0 Å². The van der Waals surface area contributed by atoms with Gasteiger partial charge in [0.15, 0.2) is 17.3 Å². The molecule has 0 saturated heterocycles. The molecular formula is C15H12N2O5. The second-order valence-corrected chi connectivity index (χ2v) is 4.47. The lowest BCUT2D eigenvalue weighted by Gasteiger charge is -2.05. The summed E-state index contributed by atoms with van der Waals surface area (Å²) in [5.74, 6) is -0.0569. The summed E-state index contributed by atoms with van der Waals surface area (Å²) in [6.45, 7) is 0.153. The number of hydrogen-bond donors (Lipinski definition) is 2. The Morgan fingerprint density at radius 2 is 2.00 bits per heavy atom. The smallest absolute Gasteiger partial charge is 0.291 e. The van der Waals surface area contributed by atoms with E-state index in [0.717, 1.165) is 0 Å². The predicted molar refractivity (Wildman–Crippen MR) is 75.9 cm³/mol. The normalized spacial score (nSPS) is 13.0. The first kappa shape index (κ1) is 13.7. The van der Waals surface area contributed by atoms with Crippen LogP contribution in [0.15, 0.2) is 46.7 Å². The highest BCUT2D eigenvalue weighted by Gasteiger charge is 2.16. The van der Waals surface area contributed by atoms with Crippen molar-refractivity contribution in [3.8, 4) is 11.5 Å². The highest BCUT2D eigenvalue weighted by Crippen LogP contribution is 2.32. The molecule has 7 heteroatoms. The molecule has 2 amide bonds. The van der Waals surface area contributed by atoms with E-state index < -0.39 is 11.8 Å². The number of nitrogens with two attached hydrogens (primary N) is 1. The highest BCUT2D eigenvalue weighted by molar-refractivity contribution is 6.03. The van der Waals surface area contributed by atoms with Gasteiger partial charge in [-0.05, 0) is 35.9 Å². The summed E-state index contributed by atoms with van der Waals surface area (Å²) in [4.78, 5) is 23.4. The molecule has 0 unspecified atom stereocenters. The summed E-state index contributed by atoms with van der Waals surface area (Å²) in [5.41, 5.74) is 5.87. The molecule has 0 bridgehead atoms. The standard InChI is InChI=1S/C15H12N2O5/c16-14(18)10(17-15(19)12-2-1-5-20-12)6-9-3-4-11-13(7-9)22-8-21-11/h1-7H,8H2,(H2,16,18)(H,17,19). The Labute approximate surface area is 125 Å². The quantitative estimate of drug-likeness (QED) is 0.827. The number of ether oxygens (including phenoxy) is 2. The van der Waals surface area contributed by atoms with Gasteiger partial charge >= 0.3 is 0 Å². The maximum absolute atomic E-state index is 11.9. The van der Waals surface area contributed by atoms with Crippen LogP contribution in [0.25, 0.3) is 6.08 Å². The number of furan rings is 1. The first-order valence-electron chi connectivity index (χ1n) is 6.39. The van der Waals surface area contributed by atoms with Crippen molar-refractivity contribution < 1.29 is 23.5 Å². The minimum absolute atomic E-state index is 0.0553. The number of fused-ring (bicyclic) bond motifs is 1. The number of hydrogen-bond acceptors (Lipinski definition) is 5. The van der Waals surface area contributed by atoms with Crippen LogP contribution in [-0.4, -0.2) is 18.6 Å². The number of rotatable bonds is 4. The van der Waals surface area contributed by atoms with E-state index in [9.17, 15) is 9.59 Å². The molecule has 0 atom stereocenters. The molecule has 1 aromatic carbocycles. The van der Waals surface area contributed by atoms with Gasteiger partial charge in [0.1, 0.15) is 5.70 Å². The first-order chi connectivity index (χ1) is 10.6. The maximum Gasteiger partial charge on any atom is 0.291 e. The van der Waals surface area contributed by atoms with Gasteiger partial charge in [0.2, 0.25) is 6.79 Å². The van der Waals surface area contributed by atoms with Gasteiger partial charge in [-0.3, -0.25) is 9.59 Å². The molecule has 3 N–H and O–H groups in total. The molecular weight excluding hydrogens is 288 g/mol. The second kappa shape index (κ2) is 5.65. The molecule has 2 aromatic rings. The van der Waals surface area contributed by atoms with Crippen LogP contribution in [0.3, 0.4) is 0 Å². The third-order valence-electron chi connectivity index (χ3n) is 2.97. The molecule has 22 heavy (non-hydrogen) atoms.